The second-order valence-corrected chi connectivity index (χ2v) is 4.67. The third-order valence-corrected chi connectivity index (χ3v) is 3.05. The predicted octanol–water partition coefficient (Wildman–Crippen LogP) is 2.09. The highest BCUT2D eigenvalue weighted by atomic mass is 32.1. The first-order valence-corrected chi connectivity index (χ1v) is 6.31. The van der Waals surface area contributed by atoms with Crippen LogP contribution in [-0.2, 0) is 11.2 Å². The second kappa shape index (κ2) is 7.79. The van der Waals surface area contributed by atoms with Crippen LogP contribution in [0.25, 0.3) is 0 Å². The Labute approximate surface area is 95.9 Å². The van der Waals surface area contributed by atoms with Crippen molar-refractivity contribution in [1.82, 2.24) is 10.3 Å². The number of hydrogen-bond acceptors (Lipinski definition) is 4. The van der Waals surface area contributed by atoms with E-state index in [0.717, 1.165) is 19.6 Å². The molecule has 1 heterocycles. The monoisotopic (exact) mass is 228 g/mol. The molecule has 0 aliphatic rings. The van der Waals surface area contributed by atoms with Gasteiger partial charge in [-0.3, -0.25) is 0 Å². The fraction of sp³-hybridized carbons (Fsp3) is 0.727. The second-order valence-electron chi connectivity index (χ2n) is 3.69. The van der Waals surface area contributed by atoms with Crippen LogP contribution in [0, 0.1) is 0 Å². The SMILES string of the molecule is COCC(C)NCCCCc1nccs1. The zero-order valence-electron chi connectivity index (χ0n) is 9.53. The van der Waals surface area contributed by atoms with Crippen molar-refractivity contribution in [3.63, 3.8) is 0 Å². The van der Waals surface area contributed by atoms with E-state index in [0.29, 0.717) is 6.04 Å². The third kappa shape index (κ3) is 5.87. The Morgan fingerprint density at radius 1 is 1.53 bits per heavy atom. The first-order chi connectivity index (χ1) is 7.33. The third-order valence-electron chi connectivity index (χ3n) is 2.21. The number of aryl methyl sites for hydroxylation is 1. The van der Waals surface area contributed by atoms with Gasteiger partial charge in [-0.1, -0.05) is 0 Å². The van der Waals surface area contributed by atoms with Gasteiger partial charge < -0.3 is 10.1 Å². The van der Waals surface area contributed by atoms with Gasteiger partial charge in [0.15, 0.2) is 0 Å². The minimum Gasteiger partial charge on any atom is -0.383 e. The number of aromatic nitrogens is 1. The molecule has 1 unspecified atom stereocenters. The van der Waals surface area contributed by atoms with Gasteiger partial charge in [-0.05, 0) is 32.7 Å². The van der Waals surface area contributed by atoms with Gasteiger partial charge in [0, 0.05) is 24.7 Å². The summed E-state index contributed by atoms with van der Waals surface area (Å²) in [7, 11) is 1.74. The maximum absolute atomic E-state index is 5.05. The van der Waals surface area contributed by atoms with Crippen LogP contribution in [0.2, 0.25) is 0 Å². The van der Waals surface area contributed by atoms with Gasteiger partial charge in [-0.25, -0.2) is 4.98 Å². The molecular formula is C11H20N2OS. The molecule has 0 aliphatic carbocycles. The zero-order chi connectivity index (χ0) is 10.9. The van der Waals surface area contributed by atoms with Gasteiger partial charge in [0.1, 0.15) is 0 Å². The van der Waals surface area contributed by atoms with Crippen LogP contribution in [0.1, 0.15) is 24.8 Å². The lowest BCUT2D eigenvalue weighted by atomic mass is 10.2. The van der Waals surface area contributed by atoms with Crippen molar-refractivity contribution >= 4 is 11.3 Å². The number of ether oxygens (including phenoxy) is 1. The van der Waals surface area contributed by atoms with Gasteiger partial charge in [0.2, 0.25) is 0 Å². The Morgan fingerprint density at radius 3 is 3.07 bits per heavy atom. The molecule has 0 radical (unpaired) electrons. The molecule has 86 valence electrons. The predicted molar refractivity (Wildman–Crippen MR) is 64.4 cm³/mol. The fourth-order valence-electron chi connectivity index (χ4n) is 1.44. The van der Waals surface area contributed by atoms with E-state index < -0.39 is 0 Å². The molecule has 0 aliphatic heterocycles. The largest absolute Gasteiger partial charge is 0.383 e. The van der Waals surface area contributed by atoms with Crippen LogP contribution in [0.4, 0.5) is 0 Å². The first-order valence-electron chi connectivity index (χ1n) is 5.43. The summed E-state index contributed by atoms with van der Waals surface area (Å²) in [5.41, 5.74) is 0. The molecule has 0 fully saturated rings. The quantitative estimate of drug-likeness (QED) is 0.692. The van der Waals surface area contributed by atoms with E-state index in [1.54, 1.807) is 18.4 Å². The van der Waals surface area contributed by atoms with E-state index in [1.807, 2.05) is 11.6 Å². The van der Waals surface area contributed by atoms with Crippen LogP contribution in [0.5, 0.6) is 0 Å². The minimum absolute atomic E-state index is 0.454. The van der Waals surface area contributed by atoms with Gasteiger partial charge in [0.05, 0.1) is 11.6 Å². The summed E-state index contributed by atoms with van der Waals surface area (Å²) in [6, 6.07) is 0.454. The highest BCUT2D eigenvalue weighted by Crippen LogP contribution is 2.07. The highest BCUT2D eigenvalue weighted by molar-refractivity contribution is 7.09. The van der Waals surface area contributed by atoms with Gasteiger partial charge in [-0.2, -0.15) is 0 Å². The summed E-state index contributed by atoms with van der Waals surface area (Å²) >= 11 is 1.74. The molecule has 0 saturated heterocycles. The molecule has 0 bridgehead atoms. The topological polar surface area (TPSA) is 34.1 Å². The number of rotatable bonds is 8. The van der Waals surface area contributed by atoms with Crippen molar-refractivity contribution in [2.45, 2.75) is 32.2 Å². The molecule has 1 aromatic heterocycles. The van der Waals surface area contributed by atoms with E-state index in [9.17, 15) is 0 Å². The average molecular weight is 228 g/mol. The molecule has 15 heavy (non-hydrogen) atoms. The summed E-state index contributed by atoms with van der Waals surface area (Å²) in [6.45, 7) is 3.99. The van der Waals surface area contributed by atoms with Gasteiger partial charge >= 0.3 is 0 Å². The van der Waals surface area contributed by atoms with Crippen LogP contribution >= 0.6 is 11.3 Å². The lowest BCUT2D eigenvalue weighted by Gasteiger charge is -2.11. The maximum atomic E-state index is 5.05. The molecule has 4 heteroatoms. The number of nitrogens with zero attached hydrogens (tertiary/aromatic N) is 1. The molecule has 1 rings (SSSR count). The summed E-state index contributed by atoms with van der Waals surface area (Å²) in [6.07, 6.45) is 5.39. The zero-order valence-corrected chi connectivity index (χ0v) is 10.3. The highest BCUT2D eigenvalue weighted by Gasteiger charge is 1.99. The van der Waals surface area contributed by atoms with Gasteiger partial charge in [-0.15, -0.1) is 11.3 Å². The molecule has 0 saturated carbocycles. The normalized spacial score (nSPS) is 12.9. The van der Waals surface area contributed by atoms with Crippen LogP contribution in [0.3, 0.4) is 0 Å². The molecule has 1 N–H and O–H groups in total. The standard InChI is InChI=1S/C11H20N2OS/c1-10(9-14-2)12-6-4-3-5-11-13-7-8-15-11/h7-8,10,12H,3-6,9H2,1-2H3. The molecule has 0 amide bonds. The molecule has 3 nitrogen and oxygen atoms in total. The number of methoxy groups -OCH3 is 1. The Bertz CT molecular complexity index is 239. The summed E-state index contributed by atoms with van der Waals surface area (Å²) in [4.78, 5) is 4.26. The van der Waals surface area contributed by atoms with E-state index in [-0.39, 0.29) is 0 Å². The molecule has 0 spiro atoms. The molecule has 1 aromatic rings. The lowest BCUT2D eigenvalue weighted by Crippen LogP contribution is -2.30. The number of thiazole rings is 1. The molecule has 0 aromatic carbocycles. The van der Waals surface area contributed by atoms with Crippen molar-refractivity contribution in [1.29, 1.82) is 0 Å². The minimum atomic E-state index is 0.454. The van der Waals surface area contributed by atoms with Crippen LogP contribution in [-0.4, -0.2) is 31.3 Å². The Balaban J connectivity index is 1.93. The van der Waals surface area contributed by atoms with Crippen molar-refractivity contribution < 1.29 is 4.74 Å². The van der Waals surface area contributed by atoms with Gasteiger partial charge in [0.25, 0.3) is 0 Å². The summed E-state index contributed by atoms with van der Waals surface area (Å²) in [5, 5.41) is 6.71. The molecule has 1 atom stereocenters. The Morgan fingerprint density at radius 2 is 2.40 bits per heavy atom. The smallest absolute Gasteiger partial charge is 0.0924 e. The van der Waals surface area contributed by atoms with E-state index >= 15 is 0 Å². The van der Waals surface area contributed by atoms with E-state index in [2.05, 4.69) is 17.2 Å². The Hall–Kier alpha value is -0.450. The number of unbranched alkanes of at least 4 members (excludes halogenated alkanes) is 1. The first kappa shape index (κ1) is 12.6. The summed E-state index contributed by atoms with van der Waals surface area (Å²) < 4.78 is 5.05. The van der Waals surface area contributed by atoms with Crippen molar-refractivity contribution in [2.24, 2.45) is 0 Å². The maximum Gasteiger partial charge on any atom is 0.0924 e. The van der Waals surface area contributed by atoms with Crippen molar-refractivity contribution in [2.75, 3.05) is 20.3 Å². The van der Waals surface area contributed by atoms with Crippen LogP contribution in [0.15, 0.2) is 11.6 Å². The van der Waals surface area contributed by atoms with Crippen LogP contribution < -0.4 is 5.32 Å². The average Bonchev–Trinajstić information content (AvgIpc) is 2.70. The number of hydrogen-bond donors (Lipinski definition) is 1. The molecular weight excluding hydrogens is 208 g/mol. The van der Waals surface area contributed by atoms with E-state index in [4.69, 9.17) is 4.74 Å². The number of nitrogens with one attached hydrogen (secondary N) is 1. The lowest BCUT2D eigenvalue weighted by molar-refractivity contribution is 0.172. The fourth-order valence-corrected chi connectivity index (χ4v) is 2.10. The summed E-state index contributed by atoms with van der Waals surface area (Å²) in [5.74, 6) is 0. The van der Waals surface area contributed by atoms with Crippen molar-refractivity contribution in [3.8, 4) is 0 Å². The van der Waals surface area contributed by atoms with Crippen molar-refractivity contribution in [3.05, 3.63) is 16.6 Å². The van der Waals surface area contributed by atoms with E-state index in [1.165, 1.54) is 17.8 Å². The Kier molecular flexibility index (Phi) is 6.55.